The molecule has 2 heterocycles. The molecule has 0 spiro atoms. The monoisotopic (exact) mass is 369 g/mol. The van der Waals surface area contributed by atoms with Gasteiger partial charge in [0.15, 0.2) is 0 Å². The van der Waals surface area contributed by atoms with Gasteiger partial charge in [-0.2, -0.15) is 0 Å². The van der Waals surface area contributed by atoms with Crippen LogP contribution in [-0.4, -0.2) is 42.0 Å². The van der Waals surface area contributed by atoms with Crippen LogP contribution >= 0.6 is 11.8 Å². The second-order valence-electron chi connectivity index (χ2n) is 6.64. The number of amides is 1. The molecule has 0 aliphatic carbocycles. The van der Waals surface area contributed by atoms with Crippen LogP contribution in [0.2, 0.25) is 0 Å². The molecule has 0 unspecified atom stereocenters. The number of rotatable bonds is 7. The predicted octanol–water partition coefficient (Wildman–Crippen LogP) is 4.23. The van der Waals surface area contributed by atoms with Crippen LogP contribution in [0.4, 0.5) is 0 Å². The predicted molar refractivity (Wildman–Crippen MR) is 107 cm³/mol. The molecular weight excluding hydrogens is 342 g/mol. The Hall–Kier alpha value is -1.85. The van der Waals surface area contributed by atoms with Crippen molar-refractivity contribution in [2.45, 2.75) is 42.0 Å². The molecule has 1 amide bonds. The first kappa shape index (κ1) is 18.9. The Bertz CT molecular complexity index is 685. The van der Waals surface area contributed by atoms with Crippen molar-refractivity contribution in [1.82, 2.24) is 15.2 Å². The highest BCUT2D eigenvalue weighted by Crippen LogP contribution is 2.28. The largest absolute Gasteiger partial charge is 0.352 e. The Balaban J connectivity index is 1.50. The molecule has 0 bridgehead atoms. The second kappa shape index (κ2) is 10.3. The summed E-state index contributed by atoms with van der Waals surface area (Å²) in [7, 11) is 0. The summed E-state index contributed by atoms with van der Waals surface area (Å²) in [5.74, 6) is -0.0348. The molecule has 1 N–H and O–H groups in total. The van der Waals surface area contributed by atoms with Crippen molar-refractivity contribution in [1.29, 1.82) is 0 Å². The zero-order chi connectivity index (χ0) is 18.0. The minimum atomic E-state index is -0.0348. The van der Waals surface area contributed by atoms with Crippen molar-refractivity contribution in [2.24, 2.45) is 0 Å². The third-order valence-electron chi connectivity index (χ3n) is 4.61. The number of aromatic nitrogens is 1. The van der Waals surface area contributed by atoms with Crippen LogP contribution < -0.4 is 5.32 Å². The van der Waals surface area contributed by atoms with Crippen molar-refractivity contribution in [3.63, 3.8) is 0 Å². The summed E-state index contributed by atoms with van der Waals surface area (Å²) >= 11 is 1.53. The van der Waals surface area contributed by atoms with Crippen molar-refractivity contribution < 1.29 is 4.79 Å². The minimum absolute atomic E-state index is 0.0348. The highest BCUT2D eigenvalue weighted by Gasteiger charge is 2.13. The normalized spacial score (nSPS) is 15.4. The highest BCUT2D eigenvalue weighted by molar-refractivity contribution is 7.99. The van der Waals surface area contributed by atoms with Gasteiger partial charge >= 0.3 is 0 Å². The molecule has 2 aromatic rings. The van der Waals surface area contributed by atoms with Crippen molar-refractivity contribution in [3.8, 4) is 0 Å². The third kappa shape index (κ3) is 5.85. The molecule has 0 atom stereocenters. The summed E-state index contributed by atoms with van der Waals surface area (Å²) in [5, 5.41) is 3.81. The smallest absolute Gasteiger partial charge is 0.254 e. The summed E-state index contributed by atoms with van der Waals surface area (Å²) in [6.07, 6.45) is 8.06. The van der Waals surface area contributed by atoms with Crippen molar-refractivity contribution in [2.75, 3.05) is 26.2 Å². The van der Waals surface area contributed by atoms with E-state index in [0.29, 0.717) is 12.1 Å². The molecule has 1 aromatic carbocycles. The average Bonchev–Trinajstić information content (AvgIpc) is 2.95. The molecule has 1 aliphatic heterocycles. The zero-order valence-electron chi connectivity index (χ0n) is 15.2. The lowest BCUT2D eigenvalue weighted by Gasteiger charge is -2.19. The molecule has 1 fully saturated rings. The maximum absolute atomic E-state index is 12.6. The van der Waals surface area contributed by atoms with E-state index in [-0.39, 0.29) is 5.91 Å². The van der Waals surface area contributed by atoms with Gasteiger partial charge in [-0.3, -0.25) is 4.79 Å². The number of benzene rings is 1. The number of nitrogens with zero attached hydrogens (tertiary/aromatic N) is 2. The molecule has 26 heavy (non-hydrogen) atoms. The van der Waals surface area contributed by atoms with Crippen LogP contribution in [-0.2, 0) is 0 Å². The van der Waals surface area contributed by atoms with Gasteiger partial charge in [0.05, 0.1) is 5.56 Å². The molecule has 0 saturated carbocycles. The molecule has 3 rings (SSSR count). The lowest BCUT2D eigenvalue weighted by atomic mass is 10.2. The third-order valence-corrected chi connectivity index (χ3v) is 5.64. The van der Waals surface area contributed by atoms with Gasteiger partial charge in [0.1, 0.15) is 5.03 Å². The summed E-state index contributed by atoms with van der Waals surface area (Å²) in [6, 6.07) is 13.7. The van der Waals surface area contributed by atoms with E-state index in [1.165, 1.54) is 50.5 Å². The van der Waals surface area contributed by atoms with Crippen LogP contribution in [0.5, 0.6) is 0 Å². The number of likely N-dealkylation sites (tertiary alicyclic amines) is 1. The van der Waals surface area contributed by atoms with Gasteiger partial charge in [-0.25, -0.2) is 4.98 Å². The maximum atomic E-state index is 12.6. The van der Waals surface area contributed by atoms with E-state index in [0.717, 1.165) is 22.9 Å². The summed E-state index contributed by atoms with van der Waals surface area (Å²) in [6.45, 7) is 4.18. The molecule has 138 valence electrons. The Kier molecular flexibility index (Phi) is 7.52. The van der Waals surface area contributed by atoms with Gasteiger partial charge < -0.3 is 10.2 Å². The molecule has 5 heteroatoms. The minimum Gasteiger partial charge on any atom is -0.352 e. The van der Waals surface area contributed by atoms with E-state index >= 15 is 0 Å². The summed E-state index contributed by atoms with van der Waals surface area (Å²) in [5.41, 5.74) is 0.649. The maximum Gasteiger partial charge on any atom is 0.254 e. The van der Waals surface area contributed by atoms with E-state index < -0.39 is 0 Å². The first-order chi connectivity index (χ1) is 12.8. The first-order valence-electron chi connectivity index (χ1n) is 9.51. The molecule has 1 aliphatic rings. The molecule has 1 saturated heterocycles. The van der Waals surface area contributed by atoms with Gasteiger partial charge in [0, 0.05) is 17.6 Å². The quantitative estimate of drug-likeness (QED) is 0.742. The molecule has 1 aromatic heterocycles. The van der Waals surface area contributed by atoms with Gasteiger partial charge in [-0.05, 0) is 63.2 Å². The number of hydrogen-bond acceptors (Lipinski definition) is 4. The van der Waals surface area contributed by atoms with Crippen LogP contribution in [0.15, 0.2) is 58.6 Å². The number of pyridine rings is 1. The fourth-order valence-corrected chi connectivity index (χ4v) is 4.11. The Morgan fingerprint density at radius 1 is 1.04 bits per heavy atom. The van der Waals surface area contributed by atoms with E-state index in [1.54, 1.807) is 6.20 Å². The van der Waals surface area contributed by atoms with Gasteiger partial charge in [0.2, 0.25) is 0 Å². The van der Waals surface area contributed by atoms with Crippen molar-refractivity contribution in [3.05, 3.63) is 54.2 Å². The van der Waals surface area contributed by atoms with Crippen LogP contribution in [0.1, 0.15) is 42.5 Å². The van der Waals surface area contributed by atoms with E-state index in [4.69, 9.17) is 0 Å². The standard InChI is InChI=1S/C21H27N3OS/c25-20(22-14-9-17-24-15-6-1-2-7-16-24)19-12-8-13-23-21(19)26-18-10-4-3-5-11-18/h3-5,8,10-13H,1-2,6-7,9,14-17H2,(H,22,25). The molecular formula is C21H27N3OS. The van der Waals surface area contributed by atoms with Gasteiger partial charge in [0.25, 0.3) is 5.91 Å². The van der Waals surface area contributed by atoms with Crippen LogP contribution in [0.3, 0.4) is 0 Å². The summed E-state index contributed by atoms with van der Waals surface area (Å²) in [4.78, 5) is 20.6. The Morgan fingerprint density at radius 3 is 2.58 bits per heavy atom. The number of hydrogen-bond donors (Lipinski definition) is 1. The van der Waals surface area contributed by atoms with Gasteiger partial charge in [-0.15, -0.1) is 0 Å². The Labute approximate surface area is 160 Å². The van der Waals surface area contributed by atoms with E-state index in [9.17, 15) is 4.79 Å². The number of carbonyl (C=O) groups is 1. The zero-order valence-corrected chi connectivity index (χ0v) is 16.0. The van der Waals surface area contributed by atoms with Crippen LogP contribution in [0.25, 0.3) is 0 Å². The number of nitrogens with one attached hydrogen (secondary N) is 1. The van der Waals surface area contributed by atoms with E-state index in [1.807, 2.05) is 42.5 Å². The van der Waals surface area contributed by atoms with Crippen molar-refractivity contribution >= 4 is 17.7 Å². The van der Waals surface area contributed by atoms with E-state index in [2.05, 4.69) is 15.2 Å². The lowest BCUT2D eigenvalue weighted by molar-refractivity contribution is 0.0948. The fourth-order valence-electron chi connectivity index (χ4n) is 3.20. The summed E-state index contributed by atoms with van der Waals surface area (Å²) < 4.78 is 0. The number of carbonyl (C=O) groups excluding carboxylic acids is 1. The lowest BCUT2D eigenvalue weighted by Crippen LogP contribution is -2.30. The first-order valence-corrected chi connectivity index (χ1v) is 10.3. The fraction of sp³-hybridized carbons (Fsp3) is 0.429. The Morgan fingerprint density at radius 2 is 1.81 bits per heavy atom. The highest BCUT2D eigenvalue weighted by atomic mass is 32.2. The second-order valence-corrected chi connectivity index (χ2v) is 7.70. The van der Waals surface area contributed by atoms with Crippen LogP contribution in [0, 0.1) is 0 Å². The topological polar surface area (TPSA) is 45.2 Å². The molecule has 4 nitrogen and oxygen atoms in total. The SMILES string of the molecule is O=C(NCCCN1CCCCCC1)c1cccnc1Sc1ccccc1. The van der Waals surface area contributed by atoms with Gasteiger partial charge in [-0.1, -0.05) is 42.8 Å². The molecule has 0 radical (unpaired) electrons. The average molecular weight is 370 g/mol.